The number of nitrogens with zero attached hydrogens (tertiary/aromatic N) is 2. The number of nitrogens with one attached hydrogen (secondary N) is 1. The quantitative estimate of drug-likeness (QED) is 0.783. The van der Waals surface area contributed by atoms with Gasteiger partial charge in [0, 0.05) is 12.1 Å². The number of H-pyrrole nitrogens is 1. The summed E-state index contributed by atoms with van der Waals surface area (Å²) >= 11 is 0. The fourth-order valence-corrected chi connectivity index (χ4v) is 3.49. The summed E-state index contributed by atoms with van der Waals surface area (Å²) in [7, 11) is 0. The van der Waals surface area contributed by atoms with Gasteiger partial charge in [-0.3, -0.25) is 9.59 Å². The number of aliphatic hydroxyl groups excluding tert-OH is 1. The number of carbonyl (C=O) groups is 1. The van der Waals surface area contributed by atoms with Crippen molar-refractivity contribution in [3.63, 3.8) is 0 Å². The molecule has 2 N–H and O–H groups in total. The third-order valence-corrected chi connectivity index (χ3v) is 4.63. The Morgan fingerprint density at radius 3 is 2.50 bits per heavy atom. The molecule has 2 atom stereocenters. The molecule has 0 aliphatic carbocycles. The highest BCUT2D eigenvalue weighted by molar-refractivity contribution is 5.96. The summed E-state index contributed by atoms with van der Waals surface area (Å²) in [6.45, 7) is 3.53. The second-order valence-electron chi connectivity index (χ2n) is 5.86. The van der Waals surface area contributed by atoms with E-state index in [1.165, 1.54) is 0 Å². The number of hydrogen-bond acceptors (Lipinski definition) is 4. The molecule has 0 saturated carbocycles. The third-order valence-electron chi connectivity index (χ3n) is 4.63. The average molecular weight is 277 g/mol. The zero-order valence-corrected chi connectivity index (χ0v) is 11.7. The van der Waals surface area contributed by atoms with Gasteiger partial charge in [0.15, 0.2) is 0 Å². The summed E-state index contributed by atoms with van der Waals surface area (Å²) in [6.07, 6.45) is 2.73. The van der Waals surface area contributed by atoms with Crippen LogP contribution < -0.4 is 5.56 Å². The zero-order valence-electron chi connectivity index (χ0n) is 11.7. The molecular formula is C14H19N3O3. The predicted molar refractivity (Wildman–Crippen MR) is 72.6 cm³/mol. The SMILES string of the molecule is Cc1n[nH]c(=O)c(C(=O)N2C3CCC2CC(O)C3)c1C. The minimum absolute atomic E-state index is 0.0588. The Balaban J connectivity index is 1.99. The first-order valence-corrected chi connectivity index (χ1v) is 7.05. The number of aryl methyl sites for hydroxylation is 1. The number of carbonyl (C=O) groups excluding carboxylic acids is 1. The van der Waals surface area contributed by atoms with Gasteiger partial charge in [-0.25, -0.2) is 5.10 Å². The Morgan fingerprint density at radius 2 is 1.90 bits per heavy atom. The van der Waals surface area contributed by atoms with Crippen LogP contribution in [-0.2, 0) is 0 Å². The van der Waals surface area contributed by atoms with Crippen LogP contribution in [0.4, 0.5) is 0 Å². The molecule has 0 radical (unpaired) electrons. The number of amides is 1. The molecule has 108 valence electrons. The molecule has 20 heavy (non-hydrogen) atoms. The van der Waals surface area contributed by atoms with E-state index >= 15 is 0 Å². The predicted octanol–water partition coefficient (Wildman–Crippen LogP) is 0.515. The normalized spacial score (nSPS) is 28.8. The Bertz CT molecular complexity index is 596. The van der Waals surface area contributed by atoms with Gasteiger partial charge in [-0.05, 0) is 45.1 Å². The van der Waals surface area contributed by atoms with E-state index in [0.717, 1.165) is 12.8 Å². The Labute approximate surface area is 116 Å². The number of fused-ring (bicyclic) bond motifs is 2. The summed E-state index contributed by atoms with van der Waals surface area (Å²) in [6, 6.07) is 0.118. The van der Waals surface area contributed by atoms with Crippen molar-refractivity contribution in [1.82, 2.24) is 15.1 Å². The monoisotopic (exact) mass is 277 g/mol. The molecule has 6 heteroatoms. The highest BCUT2D eigenvalue weighted by Gasteiger charge is 2.43. The van der Waals surface area contributed by atoms with E-state index in [0.29, 0.717) is 24.1 Å². The van der Waals surface area contributed by atoms with Gasteiger partial charge in [-0.15, -0.1) is 0 Å². The minimum atomic E-state index is -0.427. The van der Waals surface area contributed by atoms with E-state index in [1.54, 1.807) is 13.8 Å². The summed E-state index contributed by atoms with van der Waals surface area (Å²) in [5, 5.41) is 16.1. The van der Waals surface area contributed by atoms with Gasteiger partial charge >= 0.3 is 0 Å². The second kappa shape index (κ2) is 4.70. The number of rotatable bonds is 1. The number of hydrogen-bond donors (Lipinski definition) is 2. The number of aromatic amines is 1. The third kappa shape index (κ3) is 1.95. The Morgan fingerprint density at radius 1 is 1.30 bits per heavy atom. The van der Waals surface area contributed by atoms with Crippen molar-refractivity contribution < 1.29 is 9.90 Å². The van der Waals surface area contributed by atoms with E-state index in [2.05, 4.69) is 10.2 Å². The summed E-state index contributed by atoms with van der Waals surface area (Å²) in [4.78, 5) is 26.5. The van der Waals surface area contributed by atoms with Gasteiger partial charge in [0.1, 0.15) is 5.56 Å². The molecule has 0 spiro atoms. The smallest absolute Gasteiger partial charge is 0.277 e. The van der Waals surface area contributed by atoms with Crippen molar-refractivity contribution in [3.8, 4) is 0 Å². The maximum atomic E-state index is 12.8. The molecular weight excluding hydrogens is 258 g/mol. The van der Waals surface area contributed by atoms with Gasteiger partial charge in [0.25, 0.3) is 11.5 Å². The van der Waals surface area contributed by atoms with Crippen molar-refractivity contribution in [2.75, 3.05) is 0 Å². The van der Waals surface area contributed by atoms with Gasteiger partial charge in [-0.1, -0.05) is 0 Å². The zero-order chi connectivity index (χ0) is 14.4. The first-order chi connectivity index (χ1) is 9.49. The first kappa shape index (κ1) is 13.3. The maximum absolute atomic E-state index is 12.8. The van der Waals surface area contributed by atoms with Gasteiger partial charge < -0.3 is 10.0 Å². The van der Waals surface area contributed by atoms with Crippen molar-refractivity contribution in [2.45, 2.75) is 57.7 Å². The molecule has 2 bridgehead atoms. The average Bonchev–Trinajstić information content (AvgIpc) is 2.67. The number of piperidine rings is 1. The van der Waals surface area contributed by atoms with Crippen LogP contribution in [0.1, 0.15) is 47.3 Å². The number of aliphatic hydroxyl groups is 1. The molecule has 2 aliphatic rings. The van der Waals surface area contributed by atoms with Crippen LogP contribution >= 0.6 is 0 Å². The van der Waals surface area contributed by atoms with Crippen LogP contribution in [0.3, 0.4) is 0 Å². The fourth-order valence-electron chi connectivity index (χ4n) is 3.49. The molecule has 3 heterocycles. The lowest BCUT2D eigenvalue weighted by molar-refractivity contribution is 0.0285. The highest BCUT2D eigenvalue weighted by Crippen LogP contribution is 2.36. The molecule has 2 aliphatic heterocycles. The molecule has 2 fully saturated rings. The van der Waals surface area contributed by atoms with Crippen LogP contribution in [0.25, 0.3) is 0 Å². The van der Waals surface area contributed by atoms with Crippen LogP contribution in [0.5, 0.6) is 0 Å². The van der Waals surface area contributed by atoms with Crippen LogP contribution in [0.2, 0.25) is 0 Å². The summed E-state index contributed by atoms with van der Waals surface area (Å²) in [5.41, 5.74) is 1.08. The van der Waals surface area contributed by atoms with Gasteiger partial charge in [0.05, 0.1) is 11.8 Å². The topological polar surface area (TPSA) is 86.3 Å². The lowest BCUT2D eigenvalue weighted by Gasteiger charge is -2.37. The molecule has 1 amide bonds. The van der Waals surface area contributed by atoms with E-state index in [-0.39, 0.29) is 29.7 Å². The van der Waals surface area contributed by atoms with Crippen molar-refractivity contribution in [2.24, 2.45) is 0 Å². The van der Waals surface area contributed by atoms with E-state index in [9.17, 15) is 14.7 Å². The van der Waals surface area contributed by atoms with Crippen LogP contribution in [0.15, 0.2) is 4.79 Å². The Hall–Kier alpha value is -1.69. The number of aromatic nitrogens is 2. The lowest BCUT2D eigenvalue weighted by atomic mass is 9.98. The summed E-state index contributed by atoms with van der Waals surface area (Å²) in [5.74, 6) is -0.214. The van der Waals surface area contributed by atoms with Crippen molar-refractivity contribution in [3.05, 3.63) is 27.2 Å². The summed E-state index contributed by atoms with van der Waals surface area (Å²) < 4.78 is 0. The molecule has 3 rings (SSSR count). The molecule has 1 aromatic rings. The molecule has 2 saturated heterocycles. The highest BCUT2D eigenvalue weighted by atomic mass is 16.3. The van der Waals surface area contributed by atoms with Gasteiger partial charge in [0.2, 0.25) is 0 Å². The van der Waals surface area contributed by atoms with Gasteiger partial charge in [-0.2, -0.15) is 5.10 Å². The maximum Gasteiger partial charge on any atom is 0.277 e. The van der Waals surface area contributed by atoms with E-state index in [4.69, 9.17) is 0 Å². The first-order valence-electron chi connectivity index (χ1n) is 7.05. The molecule has 2 unspecified atom stereocenters. The second-order valence-corrected chi connectivity index (χ2v) is 5.86. The molecule has 1 aromatic heterocycles. The van der Waals surface area contributed by atoms with Crippen LogP contribution in [-0.4, -0.2) is 44.3 Å². The standard InChI is InChI=1S/C14H19N3O3/c1-7-8(2)15-16-13(19)12(7)14(20)17-9-3-4-10(17)6-11(18)5-9/h9-11,18H,3-6H2,1-2H3,(H,16,19). The minimum Gasteiger partial charge on any atom is -0.393 e. The molecule has 6 nitrogen and oxygen atoms in total. The van der Waals surface area contributed by atoms with Crippen LogP contribution in [0, 0.1) is 13.8 Å². The van der Waals surface area contributed by atoms with Crippen molar-refractivity contribution in [1.29, 1.82) is 0 Å². The van der Waals surface area contributed by atoms with E-state index in [1.807, 2.05) is 4.90 Å². The fraction of sp³-hybridized carbons (Fsp3) is 0.643. The van der Waals surface area contributed by atoms with Crippen molar-refractivity contribution >= 4 is 5.91 Å². The Kier molecular flexibility index (Phi) is 3.12. The lowest BCUT2D eigenvalue weighted by Crippen LogP contribution is -2.49. The molecule has 0 aromatic carbocycles. The largest absolute Gasteiger partial charge is 0.393 e. The van der Waals surface area contributed by atoms with E-state index < -0.39 is 5.56 Å².